The van der Waals surface area contributed by atoms with Gasteiger partial charge in [-0.15, -0.1) is 0 Å². The summed E-state index contributed by atoms with van der Waals surface area (Å²) in [4.78, 5) is 5.04. The van der Waals surface area contributed by atoms with Crippen LogP contribution < -0.4 is 0 Å². The molecule has 0 aromatic heterocycles. The molecule has 0 aromatic rings. The fourth-order valence-corrected chi connectivity index (χ4v) is 4.37. The lowest BCUT2D eigenvalue weighted by Crippen LogP contribution is -2.57. The summed E-state index contributed by atoms with van der Waals surface area (Å²) in [5.41, 5.74) is 0.972. The molecule has 0 heterocycles. The highest BCUT2D eigenvalue weighted by atomic mass is 32.1. The van der Waals surface area contributed by atoms with Gasteiger partial charge in [-0.25, -0.2) is 0 Å². The Morgan fingerprint density at radius 2 is 1.50 bits per heavy atom. The Hall–Kier alpha value is 0.270. The van der Waals surface area contributed by atoms with Crippen LogP contribution in [0.4, 0.5) is 0 Å². The Balaban J connectivity index is 1.89. The van der Waals surface area contributed by atoms with Crippen molar-refractivity contribution in [2.45, 2.75) is 50.5 Å². The summed E-state index contributed by atoms with van der Waals surface area (Å²) in [7, 11) is 6.81. The lowest BCUT2D eigenvalue weighted by atomic mass is 9.75. The normalized spacial score (nSPS) is 25.7. The molecule has 2 saturated carbocycles. The van der Waals surface area contributed by atoms with E-state index in [-0.39, 0.29) is 0 Å². The number of hydrogen-bond acceptors (Lipinski definition) is 3. The molecule has 0 saturated heterocycles. The molecule has 0 aliphatic heterocycles. The van der Waals surface area contributed by atoms with Gasteiger partial charge in [0.25, 0.3) is 0 Å². The molecule has 0 atom stereocenters. The van der Waals surface area contributed by atoms with E-state index in [1.165, 1.54) is 58.0 Å². The third kappa shape index (κ3) is 2.88. The molecule has 2 nitrogen and oxygen atoms in total. The molecule has 0 bridgehead atoms. The fraction of sp³-hybridized carbons (Fsp3) is 1.00. The largest absolute Gasteiger partial charge is 0.304 e. The average molecular weight is 270 g/mol. The van der Waals surface area contributed by atoms with E-state index in [0.717, 1.165) is 5.75 Å². The maximum Gasteiger partial charge on any atom is 0.0330 e. The number of likely N-dealkylation sites (N-methyl/N-ethyl adjacent to an activating group) is 2. The van der Waals surface area contributed by atoms with E-state index in [9.17, 15) is 0 Å². The van der Waals surface area contributed by atoms with Gasteiger partial charge in [0.1, 0.15) is 0 Å². The van der Waals surface area contributed by atoms with Gasteiger partial charge in [0.05, 0.1) is 0 Å². The first-order valence-corrected chi connectivity index (χ1v) is 8.12. The quantitative estimate of drug-likeness (QED) is 0.742. The minimum atomic E-state index is 0.463. The van der Waals surface area contributed by atoms with Crippen molar-refractivity contribution in [1.29, 1.82) is 0 Å². The molecule has 2 fully saturated rings. The standard InChI is InChI=1S/C15H30N2S/c1-16(2)15(9-6-10-15)12-17(3)11-14(13-18)7-4-5-8-14/h18H,4-13H2,1-3H3. The van der Waals surface area contributed by atoms with Crippen molar-refractivity contribution in [2.24, 2.45) is 5.41 Å². The molecule has 3 heteroatoms. The zero-order valence-electron chi connectivity index (χ0n) is 12.4. The highest BCUT2D eigenvalue weighted by Crippen LogP contribution is 2.41. The molecule has 106 valence electrons. The zero-order chi connectivity index (χ0) is 13.2. The van der Waals surface area contributed by atoms with Gasteiger partial charge >= 0.3 is 0 Å². The van der Waals surface area contributed by atoms with E-state index in [0.29, 0.717) is 11.0 Å². The van der Waals surface area contributed by atoms with Crippen LogP contribution in [0.15, 0.2) is 0 Å². The molecule has 0 radical (unpaired) electrons. The smallest absolute Gasteiger partial charge is 0.0330 e. The highest BCUT2D eigenvalue weighted by molar-refractivity contribution is 7.80. The van der Waals surface area contributed by atoms with Crippen molar-refractivity contribution in [2.75, 3.05) is 40.0 Å². The predicted octanol–water partition coefficient (Wildman–Crippen LogP) is 2.89. The maximum absolute atomic E-state index is 4.63. The van der Waals surface area contributed by atoms with Gasteiger partial charge in [-0.05, 0) is 64.4 Å². The molecule has 0 spiro atoms. The van der Waals surface area contributed by atoms with Gasteiger partial charge in [0.2, 0.25) is 0 Å². The highest BCUT2D eigenvalue weighted by Gasteiger charge is 2.41. The van der Waals surface area contributed by atoms with Crippen LogP contribution >= 0.6 is 12.6 Å². The third-order valence-electron chi connectivity index (χ3n) is 5.40. The molecule has 18 heavy (non-hydrogen) atoms. The van der Waals surface area contributed by atoms with Crippen LogP contribution in [0.2, 0.25) is 0 Å². The Bertz CT molecular complexity index is 261. The summed E-state index contributed by atoms with van der Waals surface area (Å²) in [6.45, 7) is 2.47. The van der Waals surface area contributed by atoms with Crippen molar-refractivity contribution in [3.63, 3.8) is 0 Å². The summed E-state index contributed by atoms with van der Waals surface area (Å²) >= 11 is 4.63. The van der Waals surface area contributed by atoms with Gasteiger partial charge in [0, 0.05) is 18.6 Å². The molecule has 0 unspecified atom stereocenters. The summed E-state index contributed by atoms with van der Waals surface area (Å²) in [5.74, 6) is 1.06. The second-order valence-electron chi connectivity index (χ2n) is 7.01. The summed E-state index contributed by atoms with van der Waals surface area (Å²) in [5, 5.41) is 0. The van der Waals surface area contributed by atoms with Crippen molar-refractivity contribution in [3.8, 4) is 0 Å². The first-order chi connectivity index (χ1) is 8.52. The Morgan fingerprint density at radius 3 is 1.89 bits per heavy atom. The number of nitrogens with zero attached hydrogens (tertiary/aromatic N) is 2. The van der Waals surface area contributed by atoms with Gasteiger partial charge < -0.3 is 9.80 Å². The summed E-state index contributed by atoms with van der Waals surface area (Å²) in [6, 6.07) is 0. The van der Waals surface area contributed by atoms with Crippen LogP contribution in [-0.4, -0.2) is 55.3 Å². The Labute approximate surface area is 119 Å². The fourth-order valence-electron chi connectivity index (χ4n) is 3.95. The molecular formula is C15H30N2S. The van der Waals surface area contributed by atoms with Crippen LogP contribution in [0.3, 0.4) is 0 Å². The van der Waals surface area contributed by atoms with Crippen LogP contribution in [0.5, 0.6) is 0 Å². The third-order valence-corrected chi connectivity index (χ3v) is 6.07. The van der Waals surface area contributed by atoms with Crippen molar-refractivity contribution >= 4 is 12.6 Å². The van der Waals surface area contributed by atoms with E-state index in [1.54, 1.807) is 0 Å². The molecular weight excluding hydrogens is 240 g/mol. The minimum absolute atomic E-state index is 0.463. The van der Waals surface area contributed by atoms with Crippen LogP contribution in [0, 0.1) is 5.41 Å². The number of rotatable bonds is 6. The number of thiol groups is 1. The first kappa shape index (κ1) is 14.7. The van der Waals surface area contributed by atoms with Gasteiger partial charge in [-0.1, -0.05) is 12.8 Å². The van der Waals surface area contributed by atoms with Gasteiger partial charge in [0.15, 0.2) is 0 Å². The van der Waals surface area contributed by atoms with Crippen molar-refractivity contribution in [1.82, 2.24) is 9.80 Å². The number of hydrogen-bond donors (Lipinski definition) is 1. The second-order valence-corrected chi connectivity index (χ2v) is 7.33. The monoisotopic (exact) mass is 270 g/mol. The molecule has 2 aliphatic carbocycles. The zero-order valence-corrected chi connectivity index (χ0v) is 13.3. The van der Waals surface area contributed by atoms with Crippen LogP contribution in [0.1, 0.15) is 44.9 Å². The molecule has 2 rings (SSSR count). The summed E-state index contributed by atoms with van der Waals surface area (Å²) < 4.78 is 0. The topological polar surface area (TPSA) is 6.48 Å². The van der Waals surface area contributed by atoms with E-state index < -0.39 is 0 Å². The van der Waals surface area contributed by atoms with Crippen molar-refractivity contribution < 1.29 is 0 Å². The van der Waals surface area contributed by atoms with E-state index in [4.69, 9.17) is 0 Å². The Kier molecular flexibility index (Phi) is 4.66. The predicted molar refractivity (Wildman–Crippen MR) is 82.5 cm³/mol. The van der Waals surface area contributed by atoms with Crippen LogP contribution in [0.25, 0.3) is 0 Å². The van der Waals surface area contributed by atoms with E-state index >= 15 is 0 Å². The lowest BCUT2D eigenvalue weighted by molar-refractivity contribution is 0.0182. The first-order valence-electron chi connectivity index (χ1n) is 7.49. The average Bonchev–Trinajstić information content (AvgIpc) is 2.72. The summed E-state index contributed by atoms with van der Waals surface area (Å²) in [6.07, 6.45) is 9.74. The van der Waals surface area contributed by atoms with Gasteiger partial charge in [-0.3, -0.25) is 0 Å². The maximum atomic E-state index is 4.63. The molecule has 0 amide bonds. The molecule has 0 aromatic carbocycles. The molecule has 2 aliphatic rings. The lowest BCUT2D eigenvalue weighted by Gasteiger charge is -2.50. The minimum Gasteiger partial charge on any atom is -0.304 e. The SMILES string of the molecule is CN(CC1(CS)CCCC1)CC1(N(C)C)CCC1. The second kappa shape index (κ2) is 5.72. The van der Waals surface area contributed by atoms with E-state index in [1.807, 2.05) is 0 Å². The van der Waals surface area contributed by atoms with Crippen molar-refractivity contribution in [3.05, 3.63) is 0 Å². The van der Waals surface area contributed by atoms with Crippen LogP contribution in [-0.2, 0) is 0 Å². The van der Waals surface area contributed by atoms with E-state index in [2.05, 4.69) is 43.6 Å². The van der Waals surface area contributed by atoms with Gasteiger partial charge in [-0.2, -0.15) is 12.6 Å². The Morgan fingerprint density at radius 1 is 0.889 bits per heavy atom. The molecule has 0 N–H and O–H groups in total.